The molecule has 8 nitrogen and oxygen atoms in total. The summed E-state index contributed by atoms with van der Waals surface area (Å²) in [4.78, 5) is 28.4. The van der Waals surface area contributed by atoms with E-state index in [4.69, 9.17) is 0 Å². The number of carbonyl (C=O) groups excluding carboxylic acids is 1. The maximum absolute atomic E-state index is 13.3. The molecule has 1 aliphatic rings. The monoisotopic (exact) mass is 544 g/mol. The van der Waals surface area contributed by atoms with Crippen molar-refractivity contribution >= 4 is 11.6 Å². The topological polar surface area (TPSA) is 85.1 Å². The molecule has 1 aliphatic heterocycles. The molecule has 1 amide bonds. The van der Waals surface area contributed by atoms with E-state index in [-0.39, 0.29) is 11.0 Å². The van der Waals surface area contributed by atoms with Crippen molar-refractivity contribution in [1.82, 2.24) is 24.2 Å². The number of aromatic nitrogens is 4. The summed E-state index contributed by atoms with van der Waals surface area (Å²) in [7, 11) is 1.87. The first-order valence-electron chi connectivity index (χ1n) is 13.1. The van der Waals surface area contributed by atoms with Gasteiger partial charge in [0.15, 0.2) is 0 Å². The molecule has 1 N–H and O–H groups in total. The number of carbonyl (C=O) groups is 1. The molecular formula is C28H35F3N6O2. The highest BCUT2D eigenvalue weighted by Gasteiger charge is 2.30. The molecule has 0 unspecified atom stereocenters. The lowest BCUT2D eigenvalue weighted by atomic mass is 9.81. The van der Waals surface area contributed by atoms with Crippen molar-refractivity contribution in [3.63, 3.8) is 0 Å². The SMILES string of the molecule is C[C@@H]1CCCN(Cc2cc(C(=O)Nc3cccc(C(C)(C)Cc4nncn4C)c3)c(=O)n(CC(F)(F)F)c2)C1. The number of nitrogens with one attached hydrogen (secondary N) is 1. The normalized spacial score (nSPS) is 16.8. The smallest absolute Gasteiger partial charge is 0.322 e. The van der Waals surface area contributed by atoms with Gasteiger partial charge in [0.1, 0.15) is 24.3 Å². The summed E-state index contributed by atoms with van der Waals surface area (Å²) >= 11 is 0. The first-order valence-corrected chi connectivity index (χ1v) is 13.1. The second kappa shape index (κ2) is 11.3. The molecule has 0 radical (unpaired) electrons. The fourth-order valence-electron chi connectivity index (χ4n) is 5.13. The van der Waals surface area contributed by atoms with E-state index in [2.05, 4.69) is 27.3 Å². The number of likely N-dealkylation sites (tertiary alicyclic amines) is 1. The molecule has 0 saturated carbocycles. The van der Waals surface area contributed by atoms with Gasteiger partial charge in [-0.1, -0.05) is 32.9 Å². The van der Waals surface area contributed by atoms with Gasteiger partial charge in [-0.25, -0.2) is 0 Å². The van der Waals surface area contributed by atoms with Crippen LogP contribution in [-0.4, -0.2) is 49.4 Å². The van der Waals surface area contributed by atoms with Crippen LogP contribution in [0.5, 0.6) is 0 Å². The first kappa shape index (κ1) is 28.5. The Labute approximate surface area is 225 Å². The minimum atomic E-state index is -4.60. The largest absolute Gasteiger partial charge is 0.406 e. The highest BCUT2D eigenvalue weighted by molar-refractivity contribution is 6.04. The second-order valence-corrected chi connectivity index (χ2v) is 11.2. The molecule has 2 aromatic heterocycles. The fourth-order valence-corrected chi connectivity index (χ4v) is 5.13. The van der Waals surface area contributed by atoms with Crippen molar-refractivity contribution in [2.75, 3.05) is 18.4 Å². The molecule has 1 aromatic carbocycles. The lowest BCUT2D eigenvalue weighted by Crippen LogP contribution is -2.36. The molecule has 39 heavy (non-hydrogen) atoms. The number of halogens is 3. The van der Waals surface area contributed by atoms with Crippen molar-refractivity contribution in [3.8, 4) is 0 Å². The Bertz CT molecular complexity index is 1380. The van der Waals surface area contributed by atoms with Gasteiger partial charge < -0.3 is 14.5 Å². The molecule has 1 saturated heterocycles. The Morgan fingerprint density at radius 2 is 1.97 bits per heavy atom. The first-order chi connectivity index (χ1) is 18.3. The number of alkyl halides is 3. The van der Waals surface area contributed by atoms with Gasteiger partial charge in [0.05, 0.1) is 0 Å². The van der Waals surface area contributed by atoms with E-state index in [9.17, 15) is 22.8 Å². The lowest BCUT2D eigenvalue weighted by molar-refractivity contribution is -0.141. The van der Waals surface area contributed by atoms with Gasteiger partial charge in [-0.05, 0) is 60.0 Å². The van der Waals surface area contributed by atoms with E-state index < -0.39 is 24.2 Å². The van der Waals surface area contributed by atoms with Crippen LogP contribution >= 0.6 is 0 Å². The van der Waals surface area contributed by atoms with Gasteiger partial charge in [-0.3, -0.25) is 14.5 Å². The van der Waals surface area contributed by atoms with Crippen LogP contribution in [0.1, 0.15) is 60.9 Å². The highest BCUT2D eigenvalue weighted by atomic mass is 19.4. The van der Waals surface area contributed by atoms with Gasteiger partial charge in [0.2, 0.25) is 0 Å². The van der Waals surface area contributed by atoms with Crippen molar-refractivity contribution < 1.29 is 18.0 Å². The highest BCUT2D eigenvalue weighted by Crippen LogP contribution is 2.29. The molecule has 210 valence electrons. The average molecular weight is 545 g/mol. The molecule has 0 spiro atoms. The number of pyridine rings is 1. The molecule has 1 atom stereocenters. The van der Waals surface area contributed by atoms with Crippen LogP contribution in [0.15, 0.2) is 47.7 Å². The predicted molar refractivity (Wildman–Crippen MR) is 143 cm³/mol. The second-order valence-electron chi connectivity index (χ2n) is 11.2. The Kier molecular flexibility index (Phi) is 8.29. The van der Waals surface area contributed by atoms with Crippen molar-refractivity contribution in [3.05, 3.63) is 75.7 Å². The summed E-state index contributed by atoms with van der Waals surface area (Å²) in [6.45, 7) is 6.78. The zero-order valence-electron chi connectivity index (χ0n) is 22.8. The summed E-state index contributed by atoms with van der Waals surface area (Å²) in [6.07, 6.45) is 0.958. The van der Waals surface area contributed by atoms with Crippen molar-refractivity contribution in [1.29, 1.82) is 0 Å². The predicted octanol–water partition coefficient (Wildman–Crippen LogP) is 4.54. The molecular weight excluding hydrogens is 509 g/mol. The summed E-state index contributed by atoms with van der Waals surface area (Å²) < 4.78 is 42.3. The molecule has 3 heterocycles. The number of hydrogen-bond acceptors (Lipinski definition) is 5. The number of anilines is 1. The van der Waals surface area contributed by atoms with Crippen LogP contribution in [0.2, 0.25) is 0 Å². The van der Waals surface area contributed by atoms with Gasteiger partial charge in [0.25, 0.3) is 11.5 Å². The maximum Gasteiger partial charge on any atom is 0.406 e. The van der Waals surface area contributed by atoms with Crippen LogP contribution in [0.25, 0.3) is 0 Å². The summed E-state index contributed by atoms with van der Waals surface area (Å²) in [5, 5.41) is 10.8. The summed E-state index contributed by atoms with van der Waals surface area (Å²) in [5.74, 6) is 0.542. The Morgan fingerprint density at radius 3 is 2.64 bits per heavy atom. The molecule has 11 heteroatoms. The fraction of sp³-hybridized carbons (Fsp3) is 0.500. The van der Waals surface area contributed by atoms with Crippen molar-refractivity contribution in [2.45, 2.75) is 64.7 Å². The van der Waals surface area contributed by atoms with Crippen LogP contribution in [0.3, 0.4) is 0 Å². The van der Waals surface area contributed by atoms with E-state index in [1.165, 1.54) is 12.3 Å². The summed E-state index contributed by atoms with van der Waals surface area (Å²) in [6, 6.07) is 8.64. The van der Waals surface area contributed by atoms with Gasteiger partial charge in [0, 0.05) is 38.4 Å². The quantitative estimate of drug-likeness (QED) is 0.450. The number of piperidine rings is 1. The minimum absolute atomic E-state index is 0.314. The van der Waals surface area contributed by atoms with E-state index >= 15 is 0 Å². The number of aryl methyl sites for hydroxylation is 1. The number of hydrogen-bond donors (Lipinski definition) is 1. The molecule has 0 bridgehead atoms. The number of amides is 1. The van der Waals surface area contributed by atoms with Gasteiger partial charge in [-0.15, -0.1) is 10.2 Å². The third-order valence-electron chi connectivity index (χ3n) is 7.19. The van der Waals surface area contributed by atoms with E-state index in [0.717, 1.165) is 37.3 Å². The van der Waals surface area contributed by atoms with Gasteiger partial charge in [-0.2, -0.15) is 13.2 Å². The van der Waals surface area contributed by atoms with Gasteiger partial charge >= 0.3 is 6.18 Å². The number of rotatable bonds is 8. The average Bonchev–Trinajstić information content (AvgIpc) is 3.23. The maximum atomic E-state index is 13.3. The molecule has 3 aromatic rings. The van der Waals surface area contributed by atoms with Crippen LogP contribution in [0.4, 0.5) is 18.9 Å². The number of benzene rings is 1. The Morgan fingerprint density at radius 1 is 1.21 bits per heavy atom. The van der Waals surface area contributed by atoms with E-state index in [0.29, 0.717) is 34.7 Å². The summed E-state index contributed by atoms with van der Waals surface area (Å²) in [5.41, 5.74) is 0.222. The lowest BCUT2D eigenvalue weighted by Gasteiger charge is -2.31. The molecule has 0 aliphatic carbocycles. The van der Waals surface area contributed by atoms with Crippen molar-refractivity contribution in [2.24, 2.45) is 13.0 Å². The van der Waals surface area contributed by atoms with Crippen LogP contribution in [-0.2, 0) is 32.0 Å². The molecule has 1 fully saturated rings. The standard InChI is InChI=1S/C28H35F3N6O2/c1-19-7-6-10-36(14-19)15-20-11-23(26(39)37(16-20)17-28(29,30)31)25(38)33-22-9-5-8-21(12-22)27(2,3)13-24-34-32-18-35(24)4/h5,8-9,11-12,16,18-19H,6-7,10,13-15,17H2,1-4H3,(H,33,38)/t19-/m1/s1. The Hall–Kier alpha value is -3.47. The minimum Gasteiger partial charge on any atom is -0.322 e. The Balaban J connectivity index is 1.60. The van der Waals surface area contributed by atoms with E-state index in [1.807, 2.05) is 37.6 Å². The molecule has 4 rings (SSSR count). The third-order valence-corrected chi connectivity index (χ3v) is 7.19. The third kappa shape index (κ3) is 7.35. The zero-order valence-corrected chi connectivity index (χ0v) is 22.8. The number of nitrogens with zero attached hydrogens (tertiary/aromatic N) is 5. The van der Waals surface area contributed by atoms with Crippen LogP contribution < -0.4 is 10.9 Å². The van der Waals surface area contributed by atoms with Crippen LogP contribution in [0, 0.1) is 5.92 Å². The van der Waals surface area contributed by atoms with E-state index in [1.54, 1.807) is 18.5 Å². The zero-order chi connectivity index (χ0) is 28.4.